The highest BCUT2D eigenvalue weighted by molar-refractivity contribution is 5.34. The molecule has 18 heavy (non-hydrogen) atoms. The molecule has 0 aliphatic carbocycles. The summed E-state index contributed by atoms with van der Waals surface area (Å²) < 4.78 is 24.2. The Morgan fingerprint density at radius 3 is 2.94 bits per heavy atom. The predicted octanol–water partition coefficient (Wildman–Crippen LogP) is 2.84. The van der Waals surface area contributed by atoms with Crippen LogP contribution in [0.25, 0.3) is 0 Å². The van der Waals surface area contributed by atoms with E-state index in [9.17, 15) is 4.39 Å². The summed E-state index contributed by atoms with van der Waals surface area (Å²) in [6.07, 6.45) is 2.94. The van der Waals surface area contributed by atoms with Gasteiger partial charge in [-0.25, -0.2) is 4.39 Å². The molecule has 2 rings (SSSR count). The summed E-state index contributed by atoms with van der Waals surface area (Å²) in [5.74, 6) is 0.418. The molecule has 0 spiro atoms. The molecule has 1 aliphatic heterocycles. The third kappa shape index (κ3) is 2.99. The monoisotopic (exact) mass is 249 g/mol. The molecule has 1 aromatic carbocycles. The van der Waals surface area contributed by atoms with Gasteiger partial charge in [-0.15, -0.1) is 0 Å². The highest BCUT2D eigenvalue weighted by atomic mass is 19.1. The van der Waals surface area contributed by atoms with Crippen LogP contribution in [-0.2, 0) is 11.2 Å². The third-order valence-corrected chi connectivity index (χ3v) is 3.20. The highest BCUT2D eigenvalue weighted by Gasteiger charge is 2.26. The molecule has 0 aromatic heterocycles. The molecule has 2 atom stereocenters. The molecule has 0 radical (unpaired) electrons. The van der Waals surface area contributed by atoms with Gasteiger partial charge in [0.1, 0.15) is 11.6 Å². The Morgan fingerprint density at radius 1 is 1.44 bits per heavy atom. The van der Waals surface area contributed by atoms with Crippen molar-refractivity contribution < 1.29 is 13.9 Å². The first kappa shape index (κ1) is 12.8. The molecule has 1 fully saturated rings. The molecular weight excluding hydrogens is 233 g/mol. The molecule has 2 unspecified atom stereocenters. The van der Waals surface area contributed by atoms with Gasteiger partial charge in [0.25, 0.3) is 0 Å². The fourth-order valence-corrected chi connectivity index (χ4v) is 2.33. The number of benzene rings is 1. The van der Waals surface area contributed by atoms with Crippen LogP contribution in [0.5, 0.6) is 5.75 Å². The Hall–Kier alpha value is -1.60. The van der Waals surface area contributed by atoms with E-state index >= 15 is 0 Å². The van der Waals surface area contributed by atoms with E-state index in [-0.39, 0.29) is 18.0 Å². The average molecular weight is 249 g/mol. The van der Waals surface area contributed by atoms with Gasteiger partial charge in [0.15, 0.2) is 0 Å². The number of nitriles is 1. The van der Waals surface area contributed by atoms with Crippen LogP contribution in [-0.4, -0.2) is 19.3 Å². The first-order chi connectivity index (χ1) is 8.72. The van der Waals surface area contributed by atoms with Crippen molar-refractivity contribution in [2.75, 3.05) is 7.11 Å². The van der Waals surface area contributed by atoms with E-state index in [2.05, 4.69) is 6.07 Å². The fraction of sp³-hybridized carbons (Fsp3) is 0.500. The Bertz CT molecular complexity index is 456. The zero-order chi connectivity index (χ0) is 13.0. The zero-order valence-corrected chi connectivity index (χ0v) is 10.4. The van der Waals surface area contributed by atoms with Crippen LogP contribution in [0.3, 0.4) is 0 Å². The molecule has 3 nitrogen and oxygen atoms in total. The number of halogens is 1. The highest BCUT2D eigenvalue weighted by Crippen LogP contribution is 2.28. The topological polar surface area (TPSA) is 42.2 Å². The van der Waals surface area contributed by atoms with Gasteiger partial charge in [-0.05, 0) is 36.6 Å². The van der Waals surface area contributed by atoms with Gasteiger partial charge in [0.05, 0.1) is 31.8 Å². The maximum Gasteiger partial charge on any atom is 0.123 e. The third-order valence-electron chi connectivity index (χ3n) is 3.20. The molecule has 4 heteroatoms. The predicted molar refractivity (Wildman–Crippen MR) is 64.8 cm³/mol. The van der Waals surface area contributed by atoms with E-state index in [1.807, 2.05) is 0 Å². The zero-order valence-electron chi connectivity index (χ0n) is 10.4. The minimum Gasteiger partial charge on any atom is -0.496 e. The minimum absolute atomic E-state index is 0.0274. The van der Waals surface area contributed by atoms with Gasteiger partial charge >= 0.3 is 0 Å². The van der Waals surface area contributed by atoms with Crippen LogP contribution >= 0.6 is 0 Å². The van der Waals surface area contributed by atoms with Crippen molar-refractivity contribution in [2.24, 2.45) is 0 Å². The molecule has 0 amide bonds. The van der Waals surface area contributed by atoms with Crippen molar-refractivity contribution >= 4 is 0 Å². The SMILES string of the molecule is COc1ccc(F)cc1CC1CCC(CC#N)O1. The molecule has 96 valence electrons. The lowest BCUT2D eigenvalue weighted by Gasteiger charge is -2.14. The van der Waals surface area contributed by atoms with Gasteiger partial charge in [0.2, 0.25) is 0 Å². The molecule has 1 heterocycles. The van der Waals surface area contributed by atoms with Crippen molar-refractivity contribution in [3.05, 3.63) is 29.6 Å². The van der Waals surface area contributed by atoms with E-state index in [1.165, 1.54) is 12.1 Å². The lowest BCUT2D eigenvalue weighted by atomic mass is 10.0. The molecule has 1 aliphatic rings. The molecule has 1 aromatic rings. The Labute approximate surface area is 106 Å². The van der Waals surface area contributed by atoms with Crippen molar-refractivity contribution in [1.29, 1.82) is 5.26 Å². The van der Waals surface area contributed by atoms with Crippen LogP contribution in [0, 0.1) is 17.1 Å². The van der Waals surface area contributed by atoms with Gasteiger partial charge in [-0.1, -0.05) is 0 Å². The number of ether oxygens (including phenoxy) is 2. The van der Waals surface area contributed by atoms with Crippen molar-refractivity contribution in [3.8, 4) is 11.8 Å². The first-order valence-electron chi connectivity index (χ1n) is 6.07. The lowest BCUT2D eigenvalue weighted by Crippen LogP contribution is -2.13. The number of rotatable bonds is 4. The second-order valence-electron chi connectivity index (χ2n) is 4.48. The summed E-state index contributed by atoms with van der Waals surface area (Å²) in [7, 11) is 1.57. The van der Waals surface area contributed by atoms with Crippen LogP contribution in [0.15, 0.2) is 18.2 Å². The minimum atomic E-state index is -0.266. The lowest BCUT2D eigenvalue weighted by molar-refractivity contribution is 0.0482. The van der Waals surface area contributed by atoms with E-state index in [4.69, 9.17) is 14.7 Å². The largest absolute Gasteiger partial charge is 0.496 e. The standard InChI is InChI=1S/C14H16FNO2/c1-17-14-5-2-11(15)8-10(14)9-13-4-3-12(18-13)6-7-16/h2,5,8,12-13H,3-4,6,9H2,1H3. The van der Waals surface area contributed by atoms with Crippen LogP contribution in [0.2, 0.25) is 0 Å². The maximum atomic E-state index is 13.2. The number of hydrogen-bond acceptors (Lipinski definition) is 3. The van der Waals surface area contributed by atoms with Gasteiger partial charge in [-0.3, -0.25) is 0 Å². The van der Waals surface area contributed by atoms with E-state index in [0.717, 1.165) is 18.4 Å². The van der Waals surface area contributed by atoms with E-state index in [0.29, 0.717) is 18.6 Å². The molecular formula is C14H16FNO2. The van der Waals surface area contributed by atoms with Crippen LogP contribution in [0.4, 0.5) is 4.39 Å². The second kappa shape index (κ2) is 5.83. The smallest absolute Gasteiger partial charge is 0.123 e. The summed E-state index contributed by atoms with van der Waals surface area (Å²) in [6.45, 7) is 0. The maximum absolute atomic E-state index is 13.2. The van der Waals surface area contributed by atoms with Crippen LogP contribution in [0.1, 0.15) is 24.8 Å². The number of hydrogen-bond donors (Lipinski definition) is 0. The summed E-state index contributed by atoms with van der Waals surface area (Å²) >= 11 is 0. The van der Waals surface area contributed by atoms with Gasteiger partial charge < -0.3 is 9.47 Å². The normalized spacial score (nSPS) is 22.7. The summed E-state index contributed by atoms with van der Waals surface area (Å²) in [5, 5.41) is 8.62. The Balaban J connectivity index is 2.02. The quantitative estimate of drug-likeness (QED) is 0.824. The number of methoxy groups -OCH3 is 1. The summed E-state index contributed by atoms with van der Waals surface area (Å²) in [6, 6.07) is 6.62. The molecule has 0 bridgehead atoms. The summed E-state index contributed by atoms with van der Waals surface area (Å²) in [4.78, 5) is 0. The molecule has 1 saturated heterocycles. The van der Waals surface area contributed by atoms with Gasteiger partial charge in [0, 0.05) is 6.42 Å². The first-order valence-corrected chi connectivity index (χ1v) is 6.07. The van der Waals surface area contributed by atoms with E-state index < -0.39 is 0 Å². The number of nitrogens with zero attached hydrogens (tertiary/aromatic N) is 1. The molecule has 0 N–H and O–H groups in total. The Kier molecular flexibility index (Phi) is 4.16. The molecule has 0 saturated carbocycles. The average Bonchev–Trinajstić information content (AvgIpc) is 2.77. The fourth-order valence-electron chi connectivity index (χ4n) is 2.33. The van der Waals surface area contributed by atoms with Crippen molar-refractivity contribution in [1.82, 2.24) is 0 Å². The second-order valence-corrected chi connectivity index (χ2v) is 4.48. The summed E-state index contributed by atoms with van der Waals surface area (Å²) in [5.41, 5.74) is 0.820. The van der Waals surface area contributed by atoms with Crippen molar-refractivity contribution in [3.63, 3.8) is 0 Å². The Morgan fingerprint density at radius 2 is 2.22 bits per heavy atom. The van der Waals surface area contributed by atoms with Crippen LogP contribution < -0.4 is 4.74 Å². The van der Waals surface area contributed by atoms with E-state index in [1.54, 1.807) is 13.2 Å². The van der Waals surface area contributed by atoms with Crippen molar-refractivity contribution in [2.45, 2.75) is 37.9 Å². The van der Waals surface area contributed by atoms with Gasteiger partial charge in [-0.2, -0.15) is 5.26 Å².